The SMILES string of the molecule is Cc1noc(C)c1C(=O)N1CCC[C@H]1C(=O)OC(C)(C)C. The number of likely N-dealkylation sites (tertiary alicyclic amines) is 1. The van der Waals surface area contributed by atoms with Crippen molar-refractivity contribution >= 4 is 11.9 Å². The average Bonchev–Trinajstić information content (AvgIpc) is 2.94. The maximum atomic E-state index is 12.6. The van der Waals surface area contributed by atoms with Crippen molar-refractivity contribution in [3.63, 3.8) is 0 Å². The van der Waals surface area contributed by atoms with E-state index < -0.39 is 11.6 Å². The van der Waals surface area contributed by atoms with Crippen LogP contribution in [0.3, 0.4) is 0 Å². The molecule has 1 aromatic rings. The lowest BCUT2D eigenvalue weighted by Gasteiger charge is -2.27. The predicted octanol–water partition coefficient (Wildman–Crippen LogP) is 2.24. The summed E-state index contributed by atoms with van der Waals surface area (Å²) in [6.45, 7) is 9.43. The van der Waals surface area contributed by atoms with Gasteiger partial charge in [-0.25, -0.2) is 4.79 Å². The third-order valence-electron chi connectivity index (χ3n) is 3.44. The molecule has 6 heteroatoms. The highest BCUT2D eigenvalue weighted by Gasteiger charge is 2.38. The van der Waals surface area contributed by atoms with Gasteiger partial charge in [-0.3, -0.25) is 4.79 Å². The fourth-order valence-electron chi connectivity index (χ4n) is 2.56. The van der Waals surface area contributed by atoms with Crippen molar-refractivity contribution in [2.45, 2.75) is 59.1 Å². The van der Waals surface area contributed by atoms with Crippen LogP contribution >= 0.6 is 0 Å². The van der Waals surface area contributed by atoms with Crippen LogP contribution in [-0.4, -0.2) is 40.1 Å². The van der Waals surface area contributed by atoms with Crippen LogP contribution in [0.25, 0.3) is 0 Å². The van der Waals surface area contributed by atoms with E-state index in [1.807, 2.05) is 20.8 Å². The van der Waals surface area contributed by atoms with Gasteiger partial charge in [0.25, 0.3) is 5.91 Å². The third-order valence-corrected chi connectivity index (χ3v) is 3.44. The number of rotatable bonds is 2. The molecule has 0 bridgehead atoms. The van der Waals surface area contributed by atoms with E-state index in [0.717, 1.165) is 6.42 Å². The van der Waals surface area contributed by atoms with Gasteiger partial charge < -0.3 is 14.2 Å². The maximum absolute atomic E-state index is 12.6. The molecular weight excluding hydrogens is 272 g/mol. The molecule has 1 aromatic heterocycles. The summed E-state index contributed by atoms with van der Waals surface area (Å²) < 4.78 is 10.4. The van der Waals surface area contributed by atoms with Crippen molar-refractivity contribution in [3.8, 4) is 0 Å². The number of aromatic nitrogens is 1. The van der Waals surface area contributed by atoms with Crippen molar-refractivity contribution < 1.29 is 18.8 Å². The Morgan fingerprint density at radius 2 is 2.00 bits per heavy atom. The fraction of sp³-hybridized carbons (Fsp3) is 0.667. The quantitative estimate of drug-likeness (QED) is 0.782. The first kappa shape index (κ1) is 15.5. The van der Waals surface area contributed by atoms with Crippen LogP contribution in [0, 0.1) is 13.8 Å². The smallest absolute Gasteiger partial charge is 0.329 e. The van der Waals surface area contributed by atoms with Crippen LogP contribution in [0.15, 0.2) is 4.52 Å². The number of amides is 1. The molecule has 1 saturated heterocycles. The van der Waals surface area contributed by atoms with Gasteiger partial charge in [0.15, 0.2) is 0 Å². The van der Waals surface area contributed by atoms with E-state index in [2.05, 4.69) is 5.16 Å². The van der Waals surface area contributed by atoms with Crippen LogP contribution in [0.4, 0.5) is 0 Å². The summed E-state index contributed by atoms with van der Waals surface area (Å²) in [4.78, 5) is 26.5. The second-order valence-corrected chi connectivity index (χ2v) is 6.39. The minimum Gasteiger partial charge on any atom is -0.458 e. The number of carbonyl (C=O) groups is 2. The molecule has 0 spiro atoms. The van der Waals surface area contributed by atoms with Gasteiger partial charge in [-0.2, -0.15) is 0 Å². The Morgan fingerprint density at radius 1 is 1.33 bits per heavy atom. The van der Waals surface area contributed by atoms with Crippen LogP contribution < -0.4 is 0 Å². The fourth-order valence-corrected chi connectivity index (χ4v) is 2.56. The monoisotopic (exact) mass is 294 g/mol. The number of carbonyl (C=O) groups excluding carboxylic acids is 2. The molecule has 0 aliphatic carbocycles. The minimum absolute atomic E-state index is 0.209. The number of aryl methyl sites for hydroxylation is 2. The van der Waals surface area contributed by atoms with Gasteiger partial charge in [-0.05, 0) is 47.5 Å². The Morgan fingerprint density at radius 3 is 2.52 bits per heavy atom. The molecule has 0 saturated carbocycles. The van der Waals surface area contributed by atoms with E-state index in [1.165, 1.54) is 0 Å². The Kier molecular flexibility index (Phi) is 4.07. The molecule has 2 rings (SSSR count). The van der Waals surface area contributed by atoms with E-state index in [0.29, 0.717) is 30.0 Å². The molecular formula is C15H22N2O4. The zero-order chi connectivity index (χ0) is 15.8. The largest absolute Gasteiger partial charge is 0.458 e. The van der Waals surface area contributed by atoms with E-state index >= 15 is 0 Å². The number of hydrogen-bond donors (Lipinski definition) is 0. The van der Waals surface area contributed by atoms with Gasteiger partial charge in [-0.1, -0.05) is 5.16 Å². The number of hydrogen-bond acceptors (Lipinski definition) is 5. The zero-order valence-corrected chi connectivity index (χ0v) is 13.2. The standard InChI is InChI=1S/C15H22N2O4/c1-9-12(10(2)21-16-9)13(18)17-8-6-7-11(17)14(19)20-15(3,4)5/h11H,6-8H2,1-5H3/t11-/m0/s1. The zero-order valence-electron chi connectivity index (χ0n) is 13.2. The Labute approximate surface area is 124 Å². The molecule has 2 heterocycles. The lowest BCUT2D eigenvalue weighted by molar-refractivity contribution is -0.159. The summed E-state index contributed by atoms with van der Waals surface area (Å²) in [5.74, 6) is -0.0768. The van der Waals surface area contributed by atoms with E-state index in [-0.39, 0.29) is 11.9 Å². The number of esters is 1. The lowest BCUT2D eigenvalue weighted by Crippen LogP contribution is -2.43. The minimum atomic E-state index is -0.558. The molecule has 21 heavy (non-hydrogen) atoms. The highest BCUT2D eigenvalue weighted by atomic mass is 16.6. The summed E-state index contributed by atoms with van der Waals surface area (Å²) in [6, 6.07) is -0.523. The second kappa shape index (κ2) is 5.50. The Balaban J connectivity index is 2.19. The van der Waals surface area contributed by atoms with Crippen molar-refractivity contribution in [3.05, 3.63) is 17.0 Å². The molecule has 1 fully saturated rings. The van der Waals surface area contributed by atoms with E-state index in [4.69, 9.17) is 9.26 Å². The van der Waals surface area contributed by atoms with E-state index in [9.17, 15) is 9.59 Å². The molecule has 1 aliphatic rings. The normalized spacial score (nSPS) is 18.9. The molecule has 0 N–H and O–H groups in total. The Bertz CT molecular complexity index is 537. The van der Waals surface area contributed by atoms with Gasteiger partial charge in [0.05, 0.1) is 5.69 Å². The second-order valence-electron chi connectivity index (χ2n) is 6.39. The first-order valence-corrected chi connectivity index (χ1v) is 7.17. The topological polar surface area (TPSA) is 72.6 Å². The van der Waals surface area contributed by atoms with Crippen LogP contribution in [0.5, 0.6) is 0 Å². The number of ether oxygens (including phenoxy) is 1. The van der Waals surface area contributed by atoms with Gasteiger partial charge in [0.2, 0.25) is 0 Å². The van der Waals surface area contributed by atoms with Crippen molar-refractivity contribution in [2.24, 2.45) is 0 Å². The summed E-state index contributed by atoms with van der Waals surface area (Å²) >= 11 is 0. The maximum Gasteiger partial charge on any atom is 0.329 e. The first-order valence-electron chi connectivity index (χ1n) is 7.17. The highest BCUT2D eigenvalue weighted by molar-refractivity contribution is 5.98. The number of nitrogens with zero attached hydrogens (tertiary/aromatic N) is 2. The highest BCUT2D eigenvalue weighted by Crippen LogP contribution is 2.25. The summed E-state index contributed by atoms with van der Waals surface area (Å²) in [5, 5.41) is 3.80. The predicted molar refractivity (Wildman–Crippen MR) is 75.9 cm³/mol. The van der Waals surface area contributed by atoms with Crippen LogP contribution in [-0.2, 0) is 9.53 Å². The molecule has 1 aliphatic heterocycles. The molecule has 116 valence electrons. The van der Waals surface area contributed by atoms with Crippen molar-refractivity contribution in [2.75, 3.05) is 6.54 Å². The van der Waals surface area contributed by atoms with Gasteiger partial charge >= 0.3 is 5.97 Å². The molecule has 0 aromatic carbocycles. The average molecular weight is 294 g/mol. The molecule has 0 radical (unpaired) electrons. The van der Waals surface area contributed by atoms with Gasteiger partial charge in [0.1, 0.15) is 23.0 Å². The lowest BCUT2D eigenvalue weighted by atomic mass is 10.1. The van der Waals surface area contributed by atoms with Gasteiger partial charge in [0, 0.05) is 6.54 Å². The van der Waals surface area contributed by atoms with Crippen molar-refractivity contribution in [1.29, 1.82) is 0 Å². The molecule has 0 unspecified atom stereocenters. The van der Waals surface area contributed by atoms with Crippen molar-refractivity contribution in [1.82, 2.24) is 10.1 Å². The van der Waals surface area contributed by atoms with Crippen LogP contribution in [0.1, 0.15) is 55.4 Å². The molecule has 6 nitrogen and oxygen atoms in total. The molecule has 1 amide bonds. The summed E-state index contributed by atoms with van der Waals surface area (Å²) in [6.07, 6.45) is 1.42. The summed E-state index contributed by atoms with van der Waals surface area (Å²) in [7, 11) is 0. The third kappa shape index (κ3) is 3.25. The van der Waals surface area contributed by atoms with E-state index in [1.54, 1.807) is 18.7 Å². The summed E-state index contributed by atoms with van der Waals surface area (Å²) in [5.41, 5.74) is 0.440. The molecule has 1 atom stereocenters. The Hall–Kier alpha value is -1.85. The van der Waals surface area contributed by atoms with Crippen LogP contribution in [0.2, 0.25) is 0 Å². The van der Waals surface area contributed by atoms with Gasteiger partial charge in [-0.15, -0.1) is 0 Å². The first-order chi connectivity index (χ1) is 9.70.